The van der Waals surface area contributed by atoms with E-state index in [0.717, 1.165) is 42.7 Å². The number of aromatic nitrogens is 1. The number of aromatic amines is 1. The fraction of sp³-hybridized carbons (Fsp3) is 0.526. The first-order valence-electron chi connectivity index (χ1n) is 8.84. The van der Waals surface area contributed by atoms with Crippen molar-refractivity contribution < 1.29 is 9.53 Å². The monoisotopic (exact) mass is 329 g/mol. The lowest BCUT2D eigenvalue weighted by Crippen LogP contribution is -2.33. The Kier molecular flexibility index (Phi) is 5.09. The van der Waals surface area contributed by atoms with Gasteiger partial charge < -0.3 is 19.9 Å². The predicted octanol–water partition coefficient (Wildman–Crippen LogP) is 3.03. The summed E-state index contributed by atoms with van der Waals surface area (Å²) in [5.74, 6) is 1.33. The van der Waals surface area contributed by atoms with Crippen molar-refractivity contribution in [2.24, 2.45) is 5.92 Å². The van der Waals surface area contributed by atoms with Gasteiger partial charge in [-0.2, -0.15) is 0 Å². The summed E-state index contributed by atoms with van der Waals surface area (Å²) in [5.41, 5.74) is 1.54. The van der Waals surface area contributed by atoms with Gasteiger partial charge in [0.15, 0.2) is 0 Å². The topological polar surface area (TPSA) is 57.4 Å². The van der Waals surface area contributed by atoms with Crippen LogP contribution in [0.3, 0.4) is 0 Å². The number of hydrogen-bond donors (Lipinski definition) is 2. The third-order valence-electron chi connectivity index (χ3n) is 4.75. The molecule has 1 aromatic carbocycles. The van der Waals surface area contributed by atoms with Crippen molar-refractivity contribution in [3.8, 4) is 5.75 Å². The number of amides is 1. The Labute approximate surface area is 143 Å². The molecule has 0 spiro atoms. The number of benzene rings is 1. The highest BCUT2D eigenvalue weighted by molar-refractivity contribution is 5.98. The van der Waals surface area contributed by atoms with Crippen molar-refractivity contribution >= 4 is 16.8 Å². The summed E-state index contributed by atoms with van der Waals surface area (Å²) >= 11 is 0. The Morgan fingerprint density at radius 1 is 1.42 bits per heavy atom. The van der Waals surface area contributed by atoms with Gasteiger partial charge in [0.2, 0.25) is 0 Å². The molecule has 1 atom stereocenters. The molecule has 5 heteroatoms. The van der Waals surface area contributed by atoms with Gasteiger partial charge in [-0.1, -0.05) is 0 Å². The van der Waals surface area contributed by atoms with Crippen molar-refractivity contribution in [2.75, 3.05) is 26.2 Å². The summed E-state index contributed by atoms with van der Waals surface area (Å²) in [7, 11) is 0. The molecule has 0 saturated carbocycles. The fourth-order valence-electron chi connectivity index (χ4n) is 3.32. The Morgan fingerprint density at radius 2 is 2.25 bits per heavy atom. The number of carbonyl (C=O) groups excluding carboxylic acids is 1. The van der Waals surface area contributed by atoms with E-state index < -0.39 is 0 Å². The number of nitrogens with zero attached hydrogens (tertiary/aromatic N) is 1. The van der Waals surface area contributed by atoms with Gasteiger partial charge in [-0.3, -0.25) is 4.79 Å². The van der Waals surface area contributed by atoms with E-state index in [-0.39, 0.29) is 5.91 Å². The first-order valence-corrected chi connectivity index (χ1v) is 8.84. The standard InChI is InChI=1S/C19H27N3O2/c1-4-24-16-6-5-15-9-18(21-17(15)10-16)19(23)20-11-14-7-8-22(12-14)13(2)3/h5-6,9-10,13-14,21H,4,7-8,11-12H2,1-3H3,(H,20,23)/t14-/m0/s1. The van der Waals surface area contributed by atoms with Gasteiger partial charge in [-0.15, -0.1) is 0 Å². The zero-order chi connectivity index (χ0) is 17.1. The highest BCUT2D eigenvalue weighted by Crippen LogP contribution is 2.22. The molecule has 1 saturated heterocycles. The number of carbonyl (C=O) groups is 1. The molecular weight excluding hydrogens is 302 g/mol. The third-order valence-corrected chi connectivity index (χ3v) is 4.75. The van der Waals surface area contributed by atoms with E-state index in [2.05, 4.69) is 29.0 Å². The molecule has 2 N–H and O–H groups in total. The van der Waals surface area contributed by atoms with Gasteiger partial charge in [0, 0.05) is 36.1 Å². The molecule has 5 nitrogen and oxygen atoms in total. The van der Waals surface area contributed by atoms with Crippen LogP contribution in [-0.2, 0) is 0 Å². The molecule has 2 aromatic rings. The van der Waals surface area contributed by atoms with E-state index in [0.29, 0.717) is 24.3 Å². The molecule has 0 unspecified atom stereocenters. The lowest BCUT2D eigenvalue weighted by molar-refractivity contribution is 0.0943. The van der Waals surface area contributed by atoms with Crippen LogP contribution in [0.2, 0.25) is 0 Å². The normalized spacial score (nSPS) is 18.4. The summed E-state index contributed by atoms with van der Waals surface area (Å²) in [5, 5.41) is 4.10. The smallest absolute Gasteiger partial charge is 0.267 e. The van der Waals surface area contributed by atoms with Gasteiger partial charge in [-0.25, -0.2) is 0 Å². The summed E-state index contributed by atoms with van der Waals surface area (Å²) in [6.07, 6.45) is 1.16. The molecule has 0 aliphatic carbocycles. The summed E-state index contributed by atoms with van der Waals surface area (Å²) in [6.45, 7) is 9.98. The first kappa shape index (κ1) is 16.8. The van der Waals surface area contributed by atoms with Crippen LogP contribution in [0.5, 0.6) is 5.75 Å². The molecule has 3 rings (SSSR count). The second-order valence-corrected chi connectivity index (χ2v) is 6.82. The van der Waals surface area contributed by atoms with Crippen molar-refractivity contribution in [3.63, 3.8) is 0 Å². The van der Waals surface area contributed by atoms with E-state index in [1.165, 1.54) is 0 Å². The Morgan fingerprint density at radius 3 is 2.96 bits per heavy atom. The average Bonchev–Trinajstić information content (AvgIpc) is 3.19. The number of likely N-dealkylation sites (tertiary alicyclic amines) is 1. The number of H-pyrrole nitrogens is 1. The largest absolute Gasteiger partial charge is 0.494 e. The summed E-state index contributed by atoms with van der Waals surface area (Å²) < 4.78 is 5.50. The highest BCUT2D eigenvalue weighted by atomic mass is 16.5. The summed E-state index contributed by atoms with van der Waals surface area (Å²) in [4.78, 5) is 18.1. The molecular formula is C19H27N3O2. The van der Waals surface area contributed by atoms with Crippen LogP contribution < -0.4 is 10.1 Å². The van der Waals surface area contributed by atoms with Gasteiger partial charge in [0.25, 0.3) is 5.91 Å². The van der Waals surface area contributed by atoms with Crippen molar-refractivity contribution in [1.82, 2.24) is 15.2 Å². The minimum absolute atomic E-state index is 0.0350. The lowest BCUT2D eigenvalue weighted by atomic mass is 10.1. The second kappa shape index (κ2) is 7.26. The predicted molar refractivity (Wildman–Crippen MR) is 96.6 cm³/mol. The molecule has 130 valence electrons. The van der Waals surface area contributed by atoms with Gasteiger partial charge >= 0.3 is 0 Å². The first-order chi connectivity index (χ1) is 11.6. The van der Waals surface area contributed by atoms with Crippen molar-refractivity contribution in [2.45, 2.75) is 33.2 Å². The van der Waals surface area contributed by atoms with E-state index in [1.54, 1.807) is 0 Å². The zero-order valence-electron chi connectivity index (χ0n) is 14.8. The van der Waals surface area contributed by atoms with Crippen molar-refractivity contribution in [3.05, 3.63) is 30.0 Å². The maximum Gasteiger partial charge on any atom is 0.267 e. The minimum atomic E-state index is -0.0350. The molecule has 1 amide bonds. The van der Waals surface area contributed by atoms with Crippen LogP contribution >= 0.6 is 0 Å². The Hall–Kier alpha value is -2.01. The maximum absolute atomic E-state index is 12.4. The van der Waals surface area contributed by atoms with Gasteiger partial charge in [0.05, 0.1) is 6.61 Å². The van der Waals surface area contributed by atoms with E-state index in [9.17, 15) is 4.79 Å². The van der Waals surface area contributed by atoms with Crippen LogP contribution in [0.25, 0.3) is 10.9 Å². The Balaban J connectivity index is 1.60. The molecule has 1 aromatic heterocycles. The van der Waals surface area contributed by atoms with Gasteiger partial charge in [0.1, 0.15) is 11.4 Å². The van der Waals surface area contributed by atoms with E-state index in [1.807, 2.05) is 31.2 Å². The Bertz CT molecular complexity index is 708. The molecule has 1 aliphatic heterocycles. The second-order valence-electron chi connectivity index (χ2n) is 6.82. The molecule has 1 aliphatic rings. The van der Waals surface area contributed by atoms with Crippen LogP contribution in [0.4, 0.5) is 0 Å². The molecule has 0 radical (unpaired) electrons. The van der Waals surface area contributed by atoms with E-state index >= 15 is 0 Å². The van der Waals surface area contributed by atoms with Gasteiger partial charge in [-0.05, 0) is 57.9 Å². The molecule has 2 heterocycles. The number of hydrogen-bond acceptors (Lipinski definition) is 3. The third kappa shape index (κ3) is 3.73. The molecule has 24 heavy (non-hydrogen) atoms. The lowest BCUT2D eigenvalue weighted by Gasteiger charge is -2.20. The number of nitrogens with one attached hydrogen (secondary N) is 2. The quantitative estimate of drug-likeness (QED) is 0.856. The molecule has 1 fully saturated rings. The van der Waals surface area contributed by atoms with Crippen LogP contribution in [0.1, 0.15) is 37.7 Å². The number of rotatable bonds is 6. The summed E-state index contributed by atoms with van der Waals surface area (Å²) in [6, 6.07) is 8.33. The fourth-order valence-corrected chi connectivity index (χ4v) is 3.32. The zero-order valence-corrected chi connectivity index (χ0v) is 14.8. The maximum atomic E-state index is 12.4. The SMILES string of the molecule is CCOc1ccc2cc(C(=O)NC[C@@H]3CCN(C(C)C)C3)[nH]c2c1. The van der Waals surface area contributed by atoms with Crippen molar-refractivity contribution in [1.29, 1.82) is 0 Å². The van der Waals surface area contributed by atoms with Crippen LogP contribution in [-0.4, -0.2) is 48.1 Å². The van der Waals surface area contributed by atoms with Crippen LogP contribution in [0.15, 0.2) is 24.3 Å². The number of ether oxygens (including phenoxy) is 1. The minimum Gasteiger partial charge on any atom is -0.494 e. The average molecular weight is 329 g/mol. The van der Waals surface area contributed by atoms with Crippen LogP contribution in [0, 0.1) is 5.92 Å². The number of fused-ring (bicyclic) bond motifs is 1. The highest BCUT2D eigenvalue weighted by Gasteiger charge is 2.24. The van der Waals surface area contributed by atoms with E-state index in [4.69, 9.17) is 4.74 Å². The molecule has 0 bridgehead atoms.